The van der Waals surface area contributed by atoms with E-state index in [1.165, 1.54) is 11.8 Å². The van der Waals surface area contributed by atoms with Crippen LogP contribution in [-0.2, 0) is 11.4 Å². The van der Waals surface area contributed by atoms with Gasteiger partial charge in [-0.3, -0.25) is 9.69 Å². The van der Waals surface area contributed by atoms with Gasteiger partial charge in [0.1, 0.15) is 10.9 Å². The molecule has 158 valence electrons. The van der Waals surface area contributed by atoms with Crippen LogP contribution < -0.4 is 9.47 Å². The molecule has 0 aromatic heterocycles. The molecule has 3 rings (SSSR count). The summed E-state index contributed by atoms with van der Waals surface area (Å²) in [6.45, 7) is 6.89. The second kappa shape index (κ2) is 10.3. The average molecular weight is 462 g/mol. The molecule has 30 heavy (non-hydrogen) atoms. The summed E-state index contributed by atoms with van der Waals surface area (Å²) in [6.07, 6.45) is 2.71. The van der Waals surface area contributed by atoms with Gasteiger partial charge in [0.2, 0.25) is 0 Å². The quantitative estimate of drug-likeness (QED) is 0.340. The predicted octanol–water partition coefficient (Wildman–Crippen LogP) is 6.32. The maximum atomic E-state index is 12.8. The Balaban J connectivity index is 1.79. The summed E-state index contributed by atoms with van der Waals surface area (Å²) in [4.78, 5) is 15.1. The van der Waals surface area contributed by atoms with E-state index in [1.807, 2.05) is 69.3 Å². The Labute approximate surface area is 192 Å². The molecule has 1 aliphatic heterocycles. The number of carbonyl (C=O) groups is 1. The van der Waals surface area contributed by atoms with E-state index >= 15 is 0 Å². The molecule has 0 saturated carbocycles. The van der Waals surface area contributed by atoms with Gasteiger partial charge in [0.05, 0.1) is 11.5 Å². The number of rotatable bonds is 8. The van der Waals surface area contributed by atoms with Crippen LogP contribution in [0.25, 0.3) is 6.08 Å². The lowest BCUT2D eigenvalue weighted by Crippen LogP contribution is -2.36. The van der Waals surface area contributed by atoms with Crippen LogP contribution in [0.4, 0.5) is 0 Å². The molecule has 1 amide bonds. The Morgan fingerprint density at radius 1 is 1.13 bits per heavy atom. The topological polar surface area (TPSA) is 38.8 Å². The molecule has 0 N–H and O–H groups in total. The molecule has 1 atom stereocenters. The van der Waals surface area contributed by atoms with Crippen LogP contribution in [0.5, 0.6) is 11.5 Å². The van der Waals surface area contributed by atoms with Crippen molar-refractivity contribution in [1.29, 1.82) is 0 Å². The predicted molar refractivity (Wildman–Crippen MR) is 128 cm³/mol. The molecule has 1 aliphatic rings. The van der Waals surface area contributed by atoms with Gasteiger partial charge in [-0.15, -0.1) is 0 Å². The number of halogens is 1. The third-order valence-electron chi connectivity index (χ3n) is 4.73. The monoisotopic (exact) mass is 461 g/mol. The third kappa shape index (κ3) is 5.36. The van der Waals surface area contributed by atoms with E-state index < -0.39 is 0 Å². The normalized spacial score (nSPS) is 16.3. The lowest BCUT2D eigenvalue weighted by molar-refractivity contribution is -0.123. The Hall–Kier alpha value is -2.02. The lowest BCUT2D eigenvalue weighted by atomic mass is 10.1. The van der Waals surface area contributed by atoms with Gasteiger partial charge < -0.3 is 9.47 Å². The smallest absolute Gasteiger partial charge is 0.266 e. The van der Waals surface area contributed by atoms with E-state index in [4.69, 9.17) is 33.3 Å². The Morgan fingerprint density at radius 3 is 2.53 bits per heavy atom. The summed E-state index contributed by atoms with van der Waals surface area (Å²) in [5.41, 5.74) is 1.88. The van der Waals surface area contributed by atoms with E-state index in [-0.39, 0.29) is 11.9 Å². The van der Waals surface area contributed by atoms with Crippen molar-refractivity contribution in [3.05, 3.63) is 63.5 Å². The molecule has 7 heteroatoms. The van der Waals surface area contributed by atoms with Gasteiger partial charge in [0.25, 0.3) is 5.91 Å². The highest BCUT2D eigenvalue weighted by Gasteiger charge is 2.34. The molecule has 0 radical (unpaired) electrons. The number of thiocarbonyl (C=S) groups is 1. The van der Waals surface area contributed by atoms with Gasteiger partial charge in [-0.05, 0) is 61.7 Å². The number of benzene rings is 2. The fourth-order valence-corrected chi connectivity index (χ4v) is 4.53. The fourth-order valence-electron chi connectivity index (χ4n) is 2.94. The van der Waals surface area contributed by atoms with Gasteiger partial charge in [-0.1, -0.05) is 60.7 Å². The summed E-state index contributed by atoms with van der Waals surface area (Å²) >= 11 is 12.7. The first-order chi connectivity index (χ1) is 14.4. The van der Waals surface area contributed by atoms with E-state index in [9.17, 15) is 4.79 Å². The lowest BCUT2D eigenvalue weighted by Gasteiger charge is -2.21. The number of thioether (sulfide) groups is 1. The summed E-state index contributed by atoms with van der Waals surface area (Å²) in [7, 11) is 0. The molecule has 0 bridgehead atoms. The number of amides is 1. The van der Waals surface area contributed by atoms with Gasteiger partial charge >= 0.3 is 0 Å². The summed E-state index contributed by atoms with van der Waals surface area (Å²) < 4.78 is 12.3. The molecule has 4 nitrogen and oxygen atoms in total. The van der Waals surface area contributed by atoms with Crippen molar-refractivity contribution in [1.82, 2.24) is 4.90 Å². The van der Waals surface area contributed by atoms with Crippen LogP contribution >= 0.6 is 35.6 Å². The largest absolute Gasteiger partial charge is 0.490 e. The summed E-state index contributed by atoms with van der Waals surface area (Å²) in [6, 6.07) is 13.3. The van der Waals surface area contributed by atoms with Crippen LogP contribution in [0.1, 0.15) is 38.3 Å². The molecule has 0 aliphatic carbocycles. The maximum absolute atomic E-state index is 12.8. The number of ether oxygens (including phenoxy) is 2. The van der Waals surface area contributed by atoms with Crippen LogP contribution in [0.3, 0.4) is 0 Å². The average Bonchev–Trinajstić information content (AvgIpc) is 3.01. The third-order valence-corrected chi connectivity index (χ3v) is 6.31. The minimum atomic E-state index is -0.0413. The van der Waals surface area contributed by atoms with Crippen molar-refractivity contribution in [2.45, 2.75) is 39.8 Å². The summed E-state index contributed by atoms with van der Waals surface area (Å²) in [5.74, 6) is 1.24. The number of nitrogens with zero attached hydrogens (tertiary/aromatic N) is 1. The highest BCUT2D eigenvalue weighted by atomic mass is 35.5. The van der Waals surface area contributed by atoms with E-state index in [2.05, 4.69) is 0 Å². The van der Waals surface area contributed by atoms with Crippen molar-refractivity contribution in [2.75, 3.05) is 6.61 Å². The van der Waals surface area contributed by atoms with E-state index in [0.717, 1.165) is 17.5 Å². The standard InChI is InChI=1S/C23H24ClNO3S2/c1-4-15(3)25-22(26)21(30-23(25)29)13-17-8-11-19(20(12-17)27-5-2)28-14-16-6-9-18(24)10-7-16/h6-13,15H,4-5,14H2,1-3H3. The zero-order chi connectivity index (χ0) is 21.7. The first-order valence-electron chi connectivity index (χ1n) is 9.84. The molecular formula is C23H24ClNO3S2. The Morgan fingerprint density at radius 2 is 1.87 bits per heavy atom. The van der Waals surface area contributed by atoms with Gasteiger partial charge in [-0.25, -0.2) is 0 Å². The molecule has 1 unspecified atom stereocenters. The highest BCUT2D eigenvalue weighted by Crippen LogP contribution is 2.36. The molecular weight excluding hydrogens is 438 g/mol. The van der Waals surface area contributed by atoms with Crippen LogP contribution in [-0.4, -0.2) is 27.8 Å². The fraction of sp³-hybridized carbons (Fsp3) is 0.304. The Bertz CT molecular complexity index is 959. The minimum Gasteiger partial charge on any atom is -0.490 e. The van der Waals surface area contributed by atoms with Gasteiger partial charge in [-0.2, -0.15) is 0 Å². The first kappa shape index (κ1) is 22.7. The van der Waals surface area contributed by atoms with Crippen molar-refractivity contribution < 1.29 is 14.3 Å². The van der Waals surface area contributed by atoms with Gasteiger partial charge in [0, 0.05) is 11.1 Å². The number of carbonyl (C=O) groups excluding carboxylic acids is 1. The van der Waals surface area contributed by atoms with Crippen molar-refractivity contribution in [3.8, 4) is 11.5 Å². The molecule has 1 fully saturated rings. The molecule has 1 heterocycles. The zero-order valence-electron chi connectivity index (χ0n) is 17.2. The molecule has 1 saturated heterocycles. The van der Waals surface area contributed by atoms with Crippen LogP contribution in [0.15, 0.2) is 47.4 Å². The molecule has 2 aromatic carbocycles. The van der Waals surface area contributed by atoms with Crippen LogP contribution in [0, 0.1) is 0 Å². The SMILES string of the molecule is CCOc1cc(C=C2SC(=S)N(C(C)CC)C2=O)ccc1OCc1ccc(Cl)cc1. The van der Waals surface area contributed by atoms with Crippen molar-refractivity contribution in [2.24, 2.45) is 0 Å². The van der Waals surface area contributed by atoms with Crippen LogP contribution in [0.2, 0.25) is 5.02 Å². The van der Waals surface area contributed by atoms with E-state index in [0.29, 0.717) is 39.0 Å². The molecule has 0 spiro atoms. The highest BCUT2D eigenvalue weighted by molar-refractivity contribution is 8.26. The first-order valence-corrected chi connectivity index (χ1v) is 11.4. The van der Waals surface area contributed by atoms with E-state index in [1.54, 1.807) is 4.90 Å². The van der Waals surface area contributed by atoms with Crippen molar-refractivity contribution >= 4 is 51.9 Å². The number of hydrogen-bond donors (Lipinski definition) is 0. The molecule has 2 aromatic rings. The van der Waals surface area contributed by atoms with Crippen molar-refractivity contribution in [3.63, 3.8) is 0 Å². The maximum Gasteiger partial charge on any atom is 0.266 e. The second-order valence-electron chi connectivity index (χ2n) is 6.86. The zero-order valence-corrected chi connectivity index (χ0v) is 19.6. The Kier molecular flexibility index (Phi) is 7.81. The number of hydrogen-bond acceptors (Lipinski definition) is 5. The van der Waals surface area contributed by atoms with Gasteiger partial charge in [0.15, 0.2) is 11.5 Å². The second-order valence-corrected chi connectivity index (χ2v) is 8.98. The summed E-state index contributed by atoms with van der Waals surface area (Å²) in [5, 5.41) is 0.692. The minimum absolute atomic E-state index is 0.0413.